The van der Waals surface area contributed by atoms with Gasteiger partial charge in [-0.3, -0.25) is 14.0 Å². The van der Waals surface area contributed by atoms with Gasteiger partial charge in [0.05, 0.1) is 18.7 Å². The molecule has 6 nitrogen and oxygen atoms in total. The molecule has 3 aromatic rings. The summed E-state index contributed by atoms with van der Waals surface area (Å²) in [6.07, 6.45) is 1.48. The van der Waals surface area contributed by atoms with Crippen molar-refractivity contribution in [1.29, 1.82) is 0 Å². The van der Waals surface area contributed by atoms with Crippen molar-refractivity contribution >= 4 is 17.4 Å². The molecule has 2 heterocycles. The summed E-state index contributed by atoms with van der Waals surface area (Å²) in [5.41, 5.74) is 2.10. The fraction of sp³-hybridized carbons (Fsp3) is 0.286. The van der Waals surface area contributed by atoms with Gasteiger partial charge in [0.2, 0.25) is 0 Å². The minimum Gasteiger partial charge on any atom is -0.490 e. The number of hydrogen-bond acceptors (Lipinski definition) is 4. The Hall–Kier alpha value is -3.22. The molecule has 2 aromatic heterocycles. The Morgan fingerprint density at radius 2 is 1.93 bits per heavy atom. The Morgan fingerprint density at radius 1 is 1.21 bits per heavy atom. The Balaban J connectivity index is 1.95. The highest BCUT2D eigenvalue weighted by Crippen LogP contribution is 2.28. The van der Waals surface area contributed by atoms with Crippen LogP contribution in [0.5, 0.6) is 5.75 Å². The third-order valence-electron chi connectivity index (χ3n) is 4.55. The van der Waals surface area contributed by atoms with Gasteiger partial charge in [-0.2, -0.15) is 0 Å². The topological polar surface area (TPSA) is 80.9 Å². The molecule has 0 saturated heterocycles. The van der Waals surface area contributed by atoms with Crippen LogP contribution >= 0.6 is 0 Å². The number of fused-ring (bicyclic) bond motifs is 1. The van der Waals surface area contributed by atoms with Crippen LogP contribution in [0.15, 0.2) is 42.6 Å². The van der Waals surface area contributed by atoms with Gasteiger partial charge in [0.25, 0.3) is 0 Å². The summed E-state index contributed by atoms with van der Waals surface area (Å²) in [5, 5.41) is 9.25. The standard InChI is InChI=1S/C21H21FN2O4/c1-3-28-18-5-4-10-24-20(13(2)23-21(18)24)17(25)11-15(12-19(26)27)14-6-8-16(22)9-7-14/h4-10,15H,3,11-12H2,1-2H3,(H,26,27)/t15-/m0/s1. The maximum absolute atomic E-state index is 13.2. The fourth-order valence-corrected chi connectivity index (χ4v) is 3.33. The van der Waals surface area contributed by atoms with Gasteiger partial charge in [0.1, 0.15) is 11.5 Å². The monoisotopic (exact) mass is 384 g/mol. The molecule has 0 fully saturated rings. The summed E-state index contributed by atoms with van der Waals surface area (Å²) in [6.45, 7) is 4.07. The van der Waals surface area contributed by atoms with Gasteiger partial charge in [0, 0.05) is 18.5 Å². The van der Waals surface area contributed by atoms with E-state index < -0.39 is 17.7 Å². The second-order valence-corrected chi connectivity index (χ2v) is 6.52. The second kappa shape index (κ2) is 8.21. The number of Topliss-reactive ketones (excluding diaryl/α,β-unsaturated/α-hetero) is 1. The lowest BCUT2D eigenvalue weighted by Crippen LogP contribution is -2.14. The molecule has 0 aliphatic heterocycles. The zero-order valence-electron chi connectivity index (χ0n) is 15.7. The molecule has 28 heavy (non-hydrogen) atoms. The van der Waals surface area contributed by atoms with Crippen molar-refractivity contribution < 1.29 is 23.8 Å². The van der Waals surface area contributed by atoms with Gasteiger partial charge in [-0.05, 0) is 43.7 Å². The van der Waals surface area contributed by atoms with E-state index in [0.717, 1.165) is 0 Å². The zero-order chi connectivity index (χ0) is 20.3. The number of imidazole rings is 1. The number of carbonyl (C=O) groups is 2. The average molecular weight is 384 g/mol. The molecule has 1 atom stereocenters. The molecule has 146 valence electrons. The van der Waals surface area contributed by atoms with Gasteiger partial charge in [0.15, 0.2) is 17.2 Å². The maximum atomic E-state index is 13.2. The number of pyridine rings is 1. The number of benzene rings is 1. The Morgan fingerprint density at radius 3 is 2.57 bits per heavy atom. The van der Waals surface area contributed by atoms with E-state index in [0.29, 0.717) is 35.0 Å². The summed E-state index contributed by atoms with van der Waals surface area (Å²) in [7, 11) is 0. The SMILES string of the molecule is CCOc1cccn2c(C(=O)C[C@@H](CC(=O)O)c3ccc(F)cc3)c(C)nc12. The zero-order valence-corrected chi connectivity index (χ0v) is 15.7. The molecule has 1 aromatic carbocycles. The molecule has 0 saturated carbocycles. The highest BCUT2D eigenvalue weighted by atomic mass is 19.1. The third kappa shape index (κ3) is 4.03. The van der Waals surface area contributed by atoms with Crippen LogP contribution in [0.1, 0.15) is 47.4 Å². The molecular weight excluding hydrogens is 363 g/mol. The van der Waals surface area contributed by atoms with Crippen LogP contribution in [0, 0.1) is 12.7 Å². The molecule has 0 spiro atoms. The summed E-state index contributed by atoms with van der Waals surface area (Å²) >= 11 is 0. The minimum absolute atomic E-state index is 0.0224. The first-order chi connectivity index (χ1) is 13.4. The predicted molar refractivity (Wildman–Crippen MR) is 101 cm³/mol. The summed E-state index contributed by atoms with van der Waals surface area (Å²) in [4.78, 5) is 28.8. The number of ether oxygens (including phenoxy) is 1. The lowest BCUT2D eigenvalue weighted by Gasteiger charge is -2.15. The first-order valence-corrected chi connectivity index (χ1v) is 9.01. The van der Waals surface area contributed by atoms with Crippen molar-refractivity contribution in [2.75, 3.05) is 6.61 Å². The van der Waals surface area contributed by atoms with Crippen molar-refractivity contribution in [3.63, 3.8) is 0 Å². The minimum atomic E-state index is -1.02. The van der Waals surface area contributed by atoms with Gasteiger partial charge >= 0.3 is 5.97 Å². The Bertz CT molecular complexity index is 1010. The van der Waals surface area contributed by atoms with Crippen LogP contribution in [0.2, 0.25) is 0 Å². The van der Waals surface area contributed by atoms with E-state index in [1.54, 1.807) is 29.7 Å². The van der Waals surface area contributed by atoms with Gasteiger partial charge in [-0.15, -0.1) is 0 Å². The molecule has 0 amide bonds. The van der Waals surface area contributed by atoms with Crippen molar-refractivity contribution in [1.82, 2.24) is 9.38 Å². The molecular formula is C21H21FN2O4. The largest absolute Gasteiger partial charge is 0.490 e. The maximum Gasteiger partial charge on any atom is 0.303 e. The molecule has 0 bridgehead atoms. The fourth-order valence-electron chi connectivity index (χ4n) is 3.33. The third-order valence-corrected chi connectivity index (χ3v) is 4.55. The smallest absolute Gasteiger partial charge is 0.303 e. The van der Waals surface area contributed by atoms with Crippen LogP contribution in [0.25, 0.3) is 5.65 Å². The highest BCUT2D eigenvalue weighted by molar-refractivity contribution is 5.97. The molecule has 0 aliphatic rings. The number of carboxylic acids is 1. The van der Waals surface area contributed by atoms with Crippen LogP contribution in [-0.2, 0) is 4.79 Å². The van der Waals surface area contributed by atoms with Crippen molar-refractivity contribution in [2.24, 2.45) is 0 Å². The number of carbonyl (C=O) groups excluding carboxylic acids is 1. The lowest BCUT2D eigenvalue weighted by atomic mass is 9.90. The van der Waals surface area contributed by atoms with E-state index in [1.165, 1.54) is 24.3 Å². The number of aryl methyl sites for hydroxylation is 1. The molecule has 3 rings (SSSR count). The van der Waals surface area contributed by atoms with Crippen LogP contribution < -0.4 is 4.74 Å². The number of halogens is 1. The van der Waals surface area contributed by atoms with Crippen molar-refractivity contribution in [3.05, 3.63) is 65.4 Å². The summed E-state index contributed by atoms with van der Waals surface area (Å²) in [6, 6.07) is 9.12. The van der Waals surface area contributed by atoms with E-state index >= 15 is 0 Å². The Labute approximate surface area is 161 Å². The number of nitrogens with zero attached hydrogens (tertiary/aromatic N) is 2. The highest BCUT2D eigenvalue weighted by Gasteiger charge is 2.24. The first kappa shape index (κ1) is 19.5. The normalized spacial score (nSPS) is 12.1. The lowest BCUT2D eigenvalue weighted by molar-refractivity contribution is -0.137. The summed E-state index contributed by atoms with van der Waals surface area (Å²) in [5.74, 6) is -1.64. The molecule has 0 unspecified atom stereocenters. The van der Waals surface area contributed by atoms with E-state index in [-0.39, 0.29) is 18.6 Å². The number of hydrogen-bond donors (Lipinski definition) is 1. The van der Waals surface area contributed by atoms with Crippen molar-refractivity contribution in [3.8, 4) is 5.75 Å². The van der Waals surface area contributed by atoms with Crippen LogP contribution in [-0.4, -0.2) is 32.9 Å². The van der Waals surface area contributed by atoms with E-state index in [1.807, 2.05) is 6.92 Å². The average Bonchev–Trinajstić information content (AvgIpc) is 2.98. The summed E-state index contributed by atoms with van der Waals surface area (Å²) < 4.78 is 20.5. The Kier molecular flexibility index (Phi) is 5.73. The second-order valence-electron chi connectivity index (χ2n) is 6.52. The molecule has 0 aliphatic carbocycles. The van der Waals surface area contributed by atoms with Crippen LogP contribution in [0.4, 0.5) is 4.39 Å². The van der Waals surface area contributed by atoms with E-state index in [9.17, 15) is 19.1 Å². The predicted octanol–water partition coefficient (Wildman–Crippen LogP) is 4.01. The molecule has 0 radical (unpaired) electrons. The number of aliphatic carboxylic acids is 1. The van der Waals surface area contributed by atoms with Gasteiger partial charge in [-0.1, -0.05) is 12.1 Å². The molecule has 1 N–H and O–H groups in total. The van der Waals surface area contributed by atoms with Gasteiger partial charge < -0.3 is 9.84 Å². The van der Waals surface area contributed by atoms with Gasteiger partial charge in [-0.25, -0.2) is 9.37 Å². The first-order valence-electron chi connectivity index (χ1n) is 9.01. The number of rotatable bonds is 8. The van der Waals surface area contributed by atoms with E-state index in [2.05, 4.69) is 4.98 Å². The molecule has 7 heteroatoms. The number of aromatic nitrogens is 2. The van der Waals surface area contributed by atoms with Crippen molar-refractivity contribution in [2.45, 2.75) is 32.6 Å². The van der Waals surface area contributed by atoms with Crippen LogP contribution in [0.3, 0.4) is 0 Å². The number of carboxylic acid groups (broad SMARTS) is 1. The van der Waals surface area contributed by atoms with E-state index in [4.69, 9.17) is 4.74 Å². The number of ketones is 1. The quantitative estimate of drug-likeness (QED) is 0.594.